The summed E-state index contributed by atoms with van der Waals surface area (Å²) in [5.41, 5.74) is 0.196. The van der Waals surface area contributed by atoms with Crippen molar-refractivity contribution < 1.29 is 17.9 Å². The minimum atomic E-state index is -3.23. The lowest BCUT2D eigenvalue weighted by Crippen LogP contribution is -2.44. The Morgan fingerprint density at radius 1 is 1.33 bits per heavy atom. The number of nitrogens with zero attached hydrogens (tertiary/aromatic N) is 2. The monoisotopic (exact) mass is 354 g/mol. The number of carbonyl (C=O) groups excluding carboxylic acids is 1. The SMILES string of the molecule is CC(C)(C)OC(=O)N1CCC[C@@H](CS(=O)(=O)Cc2ccncc2)C1. The fourth-order valence-electron chi connectivity index (χ4n) is 2.84. The number of likely N-dealkylation sites (tertiary alicyclic amines) is 1. The van der Waals surface area contributed by atoms with Gasteiger partial charge in [0.2, 0.25) is 0 Å². The maximum Gasteiger partial charge on any atom is 0.410 e. The molecule has 0 spiro atoms. The third-order valence-electron chi connectivity index (χ3n) is 3.80. The Balaban J connectivity index is 1.93. The van der Waals surface area contributed by atoms with Crippen molar-refractivity contribution in [1.82, 2.24) is 9.88 Å². The van der Waals surface area contributed by atoms with Gasteiger partial charge in [-0.1, -0.05) is 0 Å². The van der Waals surface area contributed by atoms with Crippen LogP contribution in [0.5, 0.6) is 0 Å². The van der Waals surface area contributed by atoms with E-state index in [2.05, 4.69) is 4.98 Å². The molecule has 0 bridgehead atoms. The summed E-state index contributed by atoms with van der Waals surface area (Å²) in [4.78, 5) is 17.7. The summed E-state index contributed by atoms with van der Waals surface area (Å²) in [7, 11) is -3.23. The molecule has 7 heteroatoms. The van der Waals surface area contributed by atoms with Crippen molar-refractivity contribution in [1.29, 1.82) is 0 Å². The first-order valence-corrected chi connectivity index (χ1v) is 10.0. The van der Waals surface area contributed by atoms with Gasteiger partial charge in [-0.25, -0.2) is 13.2 Å². The Morgan fingerprint density at radius 2 is 2.00 bits per heavy atom. The number of piperidine rings is 1. The number of rotatable bonds is 4. The highest BCUT2D eigenvalue weighted by Crippen LogP contribution is 2.22. The lowest BCUT2D eigenvalue weighted by Gasteiger charge is -2.34. The van der Waals surface area contributed by atoms with Gasteiger partial charge in [0.25, 0.3) is 0 Å². The van der Waals surface area contributed by atoms with Crippen LogP contribution in [0.1, 0.15) is 39.2 Å². The van der Waals surface area contributed by atoms with E-state index in [-0.39, 0.29) is 23.5 Å². The van der Waals surface area contributed by atoms with Gasteiger partial charge in [-0.15, -0.1) is 0 Å². The van der Waals surface area contributed by atoms with Crippen LogP contribution in [0, 0.1) is 5.92 Å². The van der Waals surface area contributed by atoms with Crippen molar-refractivity contribution in [3.8, 4) is 0 Å². The van der Waals surface area contributed by atoms with E-state index in [4.69, 9.17) is 4.74 Å². The molecule has 2 rings (SSSR count). The Labute approximate surface area is 144 Å². The summed E-state index contributed by atoms with van der Waals surface area (Å²) < 4.78 is 30.2. The molecular formula is C17H26N2O4S. The lowest BCUT2D eigenvalue weighted by molar-refractivity contribution is 0.0176. The Bertz CT molecular complexity index is 653. The highest BCUT2D eigenvalue weighted by Gasteiger charge is 2.30. The largest absolute Gasteiger partial charge is 0.444 e. The molecule has 24 heavy (non-hydrogen) atoms. The van der Waals surface area contributed by atoms with Gasteiger partial charge < -0.3 is 9.64 Å². The predicted molar refractivity (Wildman–Crippen MR) is 92.3 cm³/mol. The van der Waals surface area contributed by atoms with Crippen molar-refractivity contribution in [2.24, 2.45) is 5.92 Å². The van der Waals surface area contributed by atoms with Crippen LogP contribution in [0.25, 0.3) is 0 Å². The molecule has 0 radical (unpaired) electrons. The summed E-state index contributed by atoms with van der Waals surface area (Å²) in [5.74, 6) is 0.0608. The van der Waals surface area contributed by atoms with Crippen LogP contribution in [0.4, 0.5) is 4.79 Å². The number of sulfone groups is 1. The topological polar surface area (TPSA) is 76.6 Å². The van der Waals surface area contributed by atoms with E-state index in [0.29, 0.717) is 13.1 Å². The maximum atomic E-state index is 12.4. The average molecular weight is 354 g/mol. The summed E-state index contributed by atoms with van der Waals surface area (Å²) in [6.07, 6.45) is 4.44. The van der Waals surface area contributed by atoms with Gasteiger partial charge in [-0.05, 0) is 57.2 Å². The standard InChI is InChI=1S/C17H26N2O4S/c1-17(2,3)23-16(20)19-10-4-5-15(11-19)13-24(21,22)12-14-6-8-18-9-7-14/h6-9,15H,4-5,10-13H2,1-3H3/t15-/m1/s1. The van der Waals surface area contributed by atoms with Gasteiger partial charge in [-0.3, -0.25) is 4.98 Å². The molecular weight excluding hydrogens is 328 g/mol. The molecule has 1 atom stereocenters. The van der Waals surface area contributed by atoms with Crippen LogP contribution < -0.4 is 0 Å². The van der Waals surface area contributed by atoms with E-state index in [1.54, 1.807) is 29.4 Å². The quantitative estimate of drug-likeness (QED) is 0.831. The van der Waals surface area contributed by atoms with E-state index in [1.165, 1.54) is 0 Å². The zero-order chi connectivity index (χ0) is 17.8. The molecule has 134 valence electrons. The lowest BCUT2D eigenvalue weighted by atomic mass is 10.0. The third kappa shape index (κ3) is 6.11. The van der Waals surface area contributed by atoms with Crippen LogP contribution in [0.3, 0.4) is 0 Å². The number of amides is 1. The van der Waals surface area contributed by atoms with Crippen molar-refractivity contribution in [3.05, 3.63) is 30.1 Å². The minimum absolute atomic E-state index is 0.0124. The van der Waals surface area contributed by atoms with Crippen LogP contribution in [0.2, 0.25) is 0 Å². The second-order valence-electron chi connectivity index (χ2n) is 7.34. The number of aromatic nitrogens is 1. The molecule has 0 unspecified atom stereocenters. The van der Waals surface area contributed by atoms with E-state index in [0.717, 1.165) is 18.4 Å². The predicted octanol–water partition coefficient (Wildman–Crippen LogP) is 2.64. The van der Waals surface area contributed by atoms with Gasteiger partial charge in [-0.2, -0.15) is 0 Å². The molecule has 1 aliphatic heterocycles. The molecule has 0 aromatic carbocycles. The number of carbonyl (C=O) groups is 1. The molecule has 1 amide bonds. The van der Waals surface area contributed by atoms with E-state index < -0.39 is 15.4 Å². The molecule has 0 aliphatic carbocycles. The molecule has 6 nitrogen and oxygen atoms in total. The molecule has 1 saturated heterocycles. The zero-order valence-electron chi connectivity index (χ0n) is 14.6. The molecule has 2 heterocycles. The van der Waals surface area contributed by atoms with Crippen LogP contribution in [-0.4, -0.2) is 48.8 Å². The molecule has 1 aromatic heterocycles. The van der Waals surface area contributed by atoms with Gasteiger partial charge in [0, 0.05) is 25.5 Å². The Kier molecular flexibility index (Phi) is 5.85. The van der Waals surface area contributed by atoms with Crippen LogP contribution in [-0.2, 0) is 20.3 Å². The fraction of sp³-hybridized carbons (Fsp3) is 0.647. The first-order chi connectivity index (χ1) is 11.1. The van der Waals surface area contributed by atoms with Gasteiger partial charge in [0.1, 0.15) is 5.60 Å². The van der Waals surface area contributed by atoms with Crippen molar-refractivity contribution in [3.63, 3.8) is 0 Å². The van der Waals surface area contributed by atoms with E-state index in [9.17, 15) is 13.2 Å². The average Bonchev–Trinajstić information content (AvgIpc) is 2.45. The van der Waals surface area contributed by atoms with Crippen LogP contribution in [0.15, 0.2) is 24.5 Å². The molecule has 0 N–H and O–H groups in total. The number of pyridine rings is 1. The highest BCUT2D eigenvalue weighted by atomic mass is 32.2. The van der Waals surface area contributed by atoms with Crippen molar-refractivity contribution >= 4 is 15.9 Å². The summed E-state index contributed by atoms with van der Waals surface area (Å²) in [6.45, 7) is 6.53. The first-order valence-electron chi connectivity index (χ1n) is 8.22. The molecule has 1 fully saturated rings. The van der Waals surface area contributed by atoms with E-state index in [1.807, 2.05) is 20.8 Å². The molecule has 0 saturated carbocycles. The Hall–Kier alpha value is -1.63. The third-order valence-corrected chi connectivity index (χ3v) is 5.55. The molecule has 1 aliphatic rings. The number of hydrogen-bond acceptors (Lipinski definition) is 5. The molecule has 1 aromatic rings. The second kappa shape index (κ2) is 7.51. The normalized spacial score (nSPS) is 19.1. The summed E-state index contributed by atoms with van der Waals surface area (Å²) >= 11 is 0. The van der Waals surface area contributed by atoms with E-state index >= 15 is 0 Å². The minimum Gasteiger partial charge on any atom is -0.444 e. The second-order valence-corrected chi connectivity index (χ2v) is 9.45. The summed E-state index contributed by atoms with van der Waals surface area (Å²) in [5, 5.41) is 0. The number of hydrogen-bond donors (Lipinski definition) is 0. The maximum absolute atomic E-state index is 12.4. The zero-order valence-corrected chi connectivity index (χ0v) is 15.4. The van der Waals surface area contributed by atoms with Gasteiger partial charge >= 0.3 is 6.09 Å². The van der Waals surface area contributed by atoms with Gasteiger partial charge in [0.05, 0.1) is 11.5 Å². The Morgan fingerprint density at radius 3 is 2.62 bits per heavy atom. The van der Waals surface area contributed by atoms with Crippen molar-refractivity contribution in [2.75, 3.05) is 18.8 Å². The number of ether oxygens (including phenoxy) is 1. The van der Waals surface area contributed by atoms with Crippen molar-refractivity contribution in [2.45, 2.75) is 45.0 Å². The smallest absolute Gasteiger partial charge is 0.410 e. The first kappa shape index (κ1) is 18.7. The highest BCUT2D eigenvalue weighted by molar-refractivity contribution is 7.90. The van der Waals surface area contributed by atoms with Gasteiger partial charge in [0.15, 0.2) is 9.84 Å². The van der Waals surface area contributed by atoms with Crippen LogP contribution >= 0.6 is 0 Å². The summed E-state index contributed by atoms with van der Waals surface area (Å²) in [6, 6.07) is 3.43. The fourth-order valence-corrected chi connectivity index (χ4v) is 4.65.